The van der Waals surface area contributed by atoms with Crippen molar-refractivity contribution < 1.29 is 57.3 Å². The first-order valence-corrected chi connectivity index (χ1v) is 38.8. The fourth-order valence-corrected chi connectivity index (χ4v) is 16.1. The summed E-state index contributed by atoms with van der Waals surface area (Å²) in [5.41, 5.74) is 8.18. The van der Waals surface area contributed by atoms with Crippen molar-refractivity contribution in [2.75, 3.05) is 100 Å². The monoisotopic (exact) mass is 1530 g/mol. The van der Waals surface area contributed by atoms with Gasteiger partial charge in [-0.1, -0.05) is 37.5 Å². The van der Waals surface area contributed by atoms with Gasteiger partial charge in [0.1, 0.15) is 105 Å². The van der Waals surface area contributed by atoms with Gasteiger partial charge in [-0.05, 0) is 276 Å². The average Bonchev–Trinajstić information content (AvgIpc) is 1.33. The molecule has 1 amide bonds. The van der Waals surface area contributed by atoms with Crippen molar-refractivity contribution in [2.45, 2.75) is 57.8 Å². The highest BCUT2D eigenvalue weighted by atomic mass is 35.5. The van der Waals surface area contributed by atoms with Crippen molar-refractivity contribution >= 4 is 90.6 Å². The van der Waals surface area contributed by atoms with Gasteiger partial charge in [-0.15, -0.1) is 46.4 Å². The van der Waals surface area contributed by atoms with Gasteiger partial charge in [0.15, 0.2) is 0 Å². The number of methoxy groups -OCH3 is 3. The number of ether oxygens (including phenoxy) is 9. The number of hydrogen-bond acceptors (Lipinski definition) is 18. The predicted molar refractivity (Wildman–Crippen MR) is 436 cm³/mol. The van der Waals surface area contributed by atoms with Crippen LogP contribution in [0.25, 0.3) is 63.6 Å². The normalized spacial score (nSPS) is 13.9. The van der Waals surface area contributed by atoms with Crippen LogP contribution in [0.2, 0.25) is 0 Å². The smallest absolute Gasteiger partial charge is 0.345 e. The largest absolute Gasteiger partial charge is 0.497 e. The van der Waals surface area contributed by atoms with E-state index in [2.05, 4.69) is 26.8 Å². The Morgan fingerprint density at radius 2 is 0.694 bits per heavy atom. The molecule has 0 spiro atoms. The molecule has 558 valence electrons. The topological polar surface area (TPSA) is 197 Å². The highest BCUT2D eigenvalue weighted by Gasteiger charge is 2.22. The van der Waals surface area contributed by atoms with Crippen LogP contribution in [-0.4, -0.2) is 132 Å². The highest BCUT2D eigenvalue weighted by molar-refractivity contribution is 7.17. The number of carbonyl (C=O) groups is 2. The average molecular weight is 1530 g/mol. The lowest BCUT2D eigenvalue weighted by atomic mass is 10.0. The quantitative estimate of drug-likeness (QED) is 0.0519. The molecule has 3 N–H and O–H groups in total. The summed E-state index contributed by atoms with van der Waals surface area (Å²) in [6.45, 7) is 11.9. The Morgan fingerprint density at radius 3 is 0.991 bits per heavy atom. The Bertz CT molecular complexity index is 4810. The second-order valence-electron chi connectivity index (χ2n) is 26.3. The molecule has 3 aliphatic rings. The van der Waals surface area contributed by atoms with E-state index in [1.165, 1.54) is 118 Å². The van der Waals surface area contributed by atoms with E-state index in [9.17, 15) is 20.0 Å². The Hall–Kier alpha value is -10.3. The molecule has 0 bridgehead atoms. The molecule has 17 nitrogen and oxygen atoms in total. The maximum atomic E-state index is 11.7. The minimum absolute atomic E-state index is 0. The van der Waals surface area contributed by atoms with Crippen LogP contribution in [0.3, 0.4) is 0 Å². The van der Waals surface area contributed by atoms with Gasteiger partial charge in [0, 0.05) is 67.1 Å². The number of benzene rings is 9. The second-order valence-corrected chi connectivity index (χ2v) is 29.6. The molecule has 0 saturated carbocycles. The minimum atomic E-state index is -0.935. The molecular weight excluding hydrogens is 1440 g/mol. The number of primary amides is 1. The Kier molecular flexibility index (Phi) is 27.2. The van der Waals surface area contributed by atoms with Gasteiger partial charge >= 0.3 is 5.97 Å². The van der Waals surface area contributed by atoms with Gasteiger partial charge in [-0.2, -0.15) is 5.26 Å². The first kappa shape index (κ1) is 77.3. The molecule has 6 heterocycles. The van der Waals surface area contributed by atoms with Gasteiger partial charge < -0.3 is 53.5 Å². The first-order valence-electron chi connectivity index (χ1n) is 36.4. The molecule has 12 aromatic rings. The van der Waals surface area contributed by atoms with Crippen LogP contribution in [0.4, 0.5) is 0 Å². The number of aromatic carboxylic acids is 1. The lowest BCUT2D eigenvalue weighted by molar-refractivity contribution is 0.0701. The van der Waals surface area contributed by atoms with E-state index in [0.29, 0.717) is 52.6 Å². The summed E-state index contributed by atoms with van der Waals surface area (Å²) >= 11 is 4.05. The molecular formula is C87H88ClN5O12S3. The van der Waals surface area contributed by atoms with Crippen LogP contribution in [0, 0.1) is 11.3 Å². The van der Waals surface area contributed by atoms with Crippen molar-refractivity contribution in [3.63, 3.8) is 0 Å². The van der Waals surface area contributed by atoms with Crippen molar-refractivity contribution in [3.05, 3.63) is 215 Å². The number of thiophene rings is 3. The fourth-order valence-electron chi connectivity index (χ4n) is 13.5. The third-order valence-corrected chi connectivity index (χ3v) is 22.5. The third-order valence-electron chi connectivity index (χ3n) is 19.2. The standard InChI is InChI=1S/C29H30N2O4S.C29H28N2O3S.C29H29NO5S.ClH/c1-33-23-10-12-24-20(19-23)5-11-25(26-13-14-27(36-26)29(30)32)28(24)35-22-8-6-21(7-9-22)34-18-17-31-15-3-2-4-16-31;1-32-24-10-13-26-21(19-24)5-12-27(28-14-11-25(20-30)35-28)29(26)34-23-8-6-22(7-9-23)33-18-17-31-15-3-2-4-16-31;1-33-23-10-12-24-20(19-23)5-11-25(26-13-14-27(36-26)29(31)32)28(24)35-22-8-6-21(7-9-22)34-18-17-30-15-3-2-4-16-30;/h5-14,19H,2-4,15-18H2,1H3,(H2,30,32);5-14,19H,2-4,15-18H2,1H3;5-14,19H,2-4,15-18H2,1H3,(H,31,32);1H. The zero-order valence-corrected chi connectivity index (χ0v) is 64.1. The van der Waals surface area contributed by atoms with Gasteiger partial charge in [0.05, 0.1) is 26.2 Å². The summed E-state index contributed by atoms with van der Waals surface area (Å²) in [6, 6.07) is 66.1. The maximum Gasteiger partial charge on any atom is 0.345 e. The Balaban J connectivity index is 0.000000151. The van der Waals surface area contributed by atoms with Crippen LogP contribution in [0.1, 0.15) is 82.0 Å². The molecule has 0 radical (unpaired) electrons. The Morgan fingerprint density at radius 1 is 0.389 bits per heavy atom. The molecule has 3 aromatic heterocycles. The van der Waals surface area contributed by atoms with E-state index >= 15 is 0 Å². The van der Waals surface area contributed by atoms with E-state index in [0.717, 1.165) is 142 Å². The lowest BCUT2D eigenvalue weighted by Crippen LogP contribution is -2.33. The molecule has 21 heteroatoms. The lowest BCUT2D eigenvalue weighted by Gasteiger charge is -2.26. The molecule has 108 heavy (non-hydrogen) atoms. The number of fused-ring (bicyclic) bond motifs is 3. The summed E-state index contributed by atoms with van der Waals surface area (Å²) < 4.78 is 53.5. The van der Waals surface area contributed by atoms with Gasteiger partial charge in [0.2, 0.25) is 0 Å². The predicted octanol–water partition coefficient (Wildman–Crippen LogP) is 20.8. The van der Waals surface area contributed by atoms with Gasteiger partial charge in [0.25, 0.3) is 5.91 Å². The zero-order valence-electron chi connectivity index (χ0n) is 60.8. The second kappa shape index (κ2) is 38.0. The van der Waals surface area contributed by atoms with Crippen LogP contribution in [-0.2, 0) is 0 Å². The molecule has 0 aliphatic carbocycles. The van der Waals surface area contributed by atoms with Gasteiger partial charge in [-0.25, -0.2) is 4.79 Å². The van der Waals surface area contributed by atoms with E-state index < -0.39 is 11.9 Å². The molecule has 3 saturated heterocycles. The van der Waals surface area contributed by atoms with E-state index in [4.69, 9.17) is 48.4 Å². The van der Waals surface area contributed by atoms with Crippen LogP contribution in [0.15, 0.2) is 200 Å². The number of hydrogen-bond donors (Lipinski definition) is 2. The number of nitriles is 1. The van der Waals surface area contributed by atoms with Crippen molar-refractivity contribution in [1.29, 1.82) is 5.26 Å². The number of carboxylic acids is 1. The summed E-state index contributed by atoms with van der Waals surface area (Å²) in [6.07, 6.45) is 11.7. The number of nitrogens with two attached hydrogens (primary N) is 1. The van der Waals surface area contributed by atoms with Crippen molar-refractivity contribution in [2.24, 2.45) is 5.73 Å². The number of amides is 1. The van der Waals surface area contributed by atoms with Crippen molar-refractivity contribution in [1.82, 2.24) is 14.7 Å². The number of halogens is 1. The summed E-state index contributed by atoms with van der Waals surface area (Å²) in [5, 5.41) is 24.5. The molecule has 0 atom stereocenters. The zero-order chi connectivity index (χ0) is 73.9. The fraction of sp³-hybridized carbons (Fsp3) is 0.276. The first-order chi connectivity index (χ1) is 52.4. The number of carbonyl (C=O) groups excluding carboxylic acids is 1. The summed E-state index contributed by atoms with van der Waals surface area (Å²) in [7, 11) is 4.96. The van der Waals surface area contributed by atoms with Gasteiger partial charge in [-0.3, -0.25) is 19.5 Å². The number of piperidine rings is 3. The van der Waals surface area contributed by atoms with Crippen LogP contribution >= 0.6 is 46.4 Å². The minimum Gasteiger partial charge on any atom is -0.497 e. The van der Waals surface area contributed by atoms with E-state index in [1.54, 1.807) is 33.5 Å². The number of likely N-dealkylation sites (tertiary alicyclic amines) is 3. The Labute approximate surface area is 648 Å². The molecule has 15 rings (SSSR count). The van der Waals surface area contributed by atoms with Crippen LogP contribution < -0.4 is 48.4 Å². The highest BCUT2D eigenvalue weighted by Crippen LogP contribution is 2.47. The van der Waals surface area contributed by atoms with Crippen LogP contribution in [0.5, 0.6) is 69.0 Å². The van der Waals surface area contributed by atoms with E-state index in [-0.39, 0.29) is 17.3 Å². The third kappa shape index (κ3) is 20.1. The molecule has 0 unspecified atom stereocenters. The van der Waals surface area contributed by atoms with E-state index in [1.807, 2.05) is 182 Å². The SMILES string of the molecule is COc1ccc2c(Oc3ccc(OCCN4CCCCC4)cc3)c(-c3ccc(C#N)s3)ccc2c1.COc1ccc2c(Oc3ccc(OCCN4CCCCC4)cc3)c(-c3ccc(C(=O)O)s3)ccc2c1.COc1ccc2c(Oc3ccc(OCCN4CCCCC4)cc3)c(-c3ccc(C(N)=O)s3)ccc2c1.Cl. The maximum absolute atomic E-state index is 11.7. The number of rotatable bonds is 26. The number of carboxylic acid groups (broad SMARTS) is 1. The summed E-state index contributed by atoms with van der Waals surface area (Å²) in [4.78, 5) is 34.7. The van der Waals surface area contributed by atoms with Crippen molar-refractivity contribution in [3.8, 4) is 106 Å². The molecule has 3 aliphatic heterocycles. The number of nitrogens with zero attached hydrogens (tertiary/aromatic N) is 4. The molecule has 3 fully saturated rings. The molecule has 9 aromatic carbocycles. The summed E-state index contributed by atoms with van der Waals surface area (Å²) in [5.74, 6) is 7.70.